The third-order valence-corrected chi connectivity index (χ3v) is 2.74. The van der Waals surface area contributed by atoms with Gasteiger partial charge in [-0.25, -0.2) is 0 Å². The van der Waals surface area contributed by atoms with Crippen molar-refractivity contribution in [3.05, 3.63) is 23.7 Å². The van der Waals surface area contributed by atoms with Gasteiger partial charge >= 0.3 is 0 Å². The fraction of sp³-hybridized carbons (Fsp3) is 0.667. The molecule has 0 amide bonds. The summed E-state index contributed by atoms with van der Waals surface area (Å²) in [5, 5.41) is 0. The predicted octanol–water partition coefficient (Wildman–Crippen LogP) is 3.41. The Hall–Kier alpha value is -0.760. The van der Waals surface area contributed by atoms with Gasteiger partial charge in [-0.3, -0.25) is 0 Å². The standard InChI is InChI=1S/C12H21NO/c1-4-5-9(2)8-12(13)11-6-7-14-10(11)3/h6-7,9,12H,4-5,8,13H2,1-3H3. The number of hydrogen-bond donors (Lipinski definition) is 1. The van der Waals surface area contributed by atoms with E-state index in [1.165, 1.54) is 12.8 Å². The van der Waals surface area contributed by atoms with E-state index in [2.05, 4.69) is 13.8 Å². The number of furan rings is 1. The highest BCUT2D eigenvalue weighted by atomic mass is 16.3. The summed E-state index contributed by atoms with van der Waals surface area (Å²) in [6, 6.07) is 2.12. The van der Waals surface area contributed by atoms with Crippen molar-refractivity contribution in [3.63, 3.8) is 0 Å². The van der Waals surface area contributed by atoms with Crippen molar-refractivity contribution in [1.29, 1.82) is 0 Å². The molecule has 0 aliphatic rings. The molecule has 0 fully saturated rings. The molecule has 0 saturated carbocycles. The van der Waals surface area contributed by atoms with Gasteiger partial charge in [0.25, 0.3) is 0 Å². The van der Waals surface area contributed by atoms with Gasteiger partial charge < -0.3 is 10.2 Å². The highest BCUT2D eigenvalue weighted by Gasteiger charge is 2.14. The van der Waals surface area contributed by atoms with Crippen LogP contribution in [0.1, 0.15) is 50.5 Å². The first-order chi connectivity index (χ1) is 6.65. The van der Waals surface area contributed by atoms with E-state index < -0.39 is 0 Å². The minimum Gasteiger partial charge on any atom is -0.469 e. The van der Waals surface area contributed by atoms with Crippen LogP contribution in [0.15, 0.2) is 16.7 Å². The molecule has 2 unspecified atom stereocenters. The van der Waals surface area contributed by atoms with Crippen LogP contribution >= 0.6 is 0 Å². The number of aryl methyl sites for hydroxylation is 1. The molecule has 2 atom stereocenters. The van der Waals surface area contributed by atoms with E-state index in [-0.39, 0.29) is 6.04 Å². The summed E-state index contributed by atoms with van der Waals surface area (Å²) in [5.41, 5.74) is 7.27. The van der Waals surface area contributed by atoms with Gasteiger partial charge in [0, 0.05) is 11.6 Å². The third-order valence-electron chi connectivity index (χ3n) is 2.74. The van der Waals surface area contributed by atoms with E-state index in [4.69, 9.17) is 10.2 Å². The topological polar surface area (TPSA) is 39.2 Å². The zero-order valence-electron chi connectivity index (χ0n) is 9.42. The van der Waals surface area contributed by atoms with Crippen LogP contribution in [0.5, 0.6) is 0 Å². The quantitative estimate of drug-likeness (QED) is 0.782. The van der Waals surface area contributed by atoms with Crippen molar-refractivity contribution < 1.29 is 4.42 Å². The van der Waals surface area contributed by atoms with Crippen LogP contribution < -0.4 is 5.73 Å². The minimum atomic E-state index is 0.135. The monoisotopic (exact) mass is 195 g/mol. The Labute approximate surface area is 86.5 Å². The van der Waals surface area contributed by atoms with Crippen molar-refractivity contribution in [2.24, 2.45) is 11.7 Å². The van der Waals surface area contributed by atoms with Gasteiger partial charge in [0.15, 0.2) is 0 Å². The lowest BCUT2D eigenvalue weighted by atomic mass is 9.94. The molecule has 1 rings (SSSR count). The van der Waals surface area contributed by atoms with Crippen LogP contribution in [0.4, 0.5) is 0 Å². The van der Waals surface area contributed by atoms with Crippen LogP contribution in [-0.4, -0.2) is 0 Å². The molecule has 0 saturated heterocycles. The first-order valence-corrected chi connectivity index (χ1v) is 5.44. The summed E-state index contributed by atoms with van der Waals surface area (Å²) < 4.78 is 5.25. The molecule has 0 aliphatic carbocycles. The van der Waals surface area contributed by atoms with Crippen molar-refractivity contribution >= 4 is 0 Å². The maximum absolute atomic E-state index is 6.11. The lowest BCUT2D eigenvalue weighted by molar-refractivity contribution is 0.434. The Bertz CT molecular complexity index is 267. The summed E-state index contributed by atoms with van der Waals surface area (Å²) >= 11 is 0. The smallest absolute Gasteiger partial charge is 0.105 e. The zero-order valence-corrected chi connectivity index (χ0v) is 9.42. The average molecular weight is 195 g/mol. The lowest BCUT2D eigenvalue weighted by Crippen LogP contribution is -2.14. The van der Waals surface area contributed by atoms with E-state index in [0.29, 0.717) is 5.92 Å². The van der Waals surface area contributed by atoms with Gasteiger partial charge in [-0.2, -0.15) is 0 Å². The maximum Gasteiger partial charge on any atom is 0.105 e. The van der Waals surface area contributed by atoms with Crippen LogP contribution in [0.25, 0.3) is 0 Å². The maximum atomic E-state index is 6.11. The normalized spacial score (nSPS) is 15.4. The molecule has 2 nitrogen and oxygen atoms in total. The Morgan fingerprint density at radius 1 is 1.50 bits per heavy atom. The predicted molar refractivity (Wildman–Crippen MR) is 59.1 cm³/mol. The summed E-state index contributed by atoms with van der Waals surface area (Å²) in [7, 11) is 0. The molecule has 1 heterocycles. The highest BCUT2D eigenvalue weighted by molar-refractivity contribution is 5.19. The first-order valence-electron chi connectivity index (χ1n) is 5.44. The molecule has 0 aliphatic heterocycles. The largest absolute Gasteiger partial charge is 0.469 e. The molecule has 0 aromatic carbocycles. The number of rotatable bonds is 5. The van der Waals surface area contributed by atoms with E-state index in [9.17, 15) is 0 Å². The Morgan fingerprint density at radius 3 is 2.71 bits per heavy atom. The third kappa shape index (κ3) is 2.88. The van der Waals surface area contributed by atoms with Crippen LogP contribution in [0.3, 0.4) is 0 Å². The van der Waals surface area contributed by atoms with E-state index in [1.807, 2.05) is 13.0 Å². The summed E-state index contributed by atoms with van der Waals surface area (Å²) in [5.74, 6) is 1.66. The van der Waals surface area contributed by atoms with Gasteiger partial charge in [0.1, 0.15) is 5.76 Å². The lowest BCUT2D eigenvalue weighted by Gasteiger charge is -2.16. The summed E-state index contributed by atoms with van der Waals surface area (Å²) in [6.45, 7) is 6.45. The molecule has 0 bridgehead atoms. The van der Waals surface area contributed by atoms with Gasteiger partial charge in [-0.15, -0.1) is 0 Å². The molecule has 2 heteroatoms. The van der Waals surface area contributed by atoms with Gasteiger partial charge in [-0.05, 0) is 25.3 Å². The van der Waals surface area contributed by atoms with E-state index in [0.717, 1.165) is 17.7 Å². The minimum absolute atomic E-state index is 0.135. The molecule has 0 radical (unpaired) electrons. The Balaban J connectivity index is 2.50. The SMILES string of the molecule is CCCC(C)CC(N)c1ccoc1C. The summed E-state index contributed by atoms with van der Waals surface area (Å²) in [6.07, 6.45) is 5.26. The van der Waals surface area contributed by atoms with Crippen molar-refractivity contribution in [2.45, 2.75) is 46.1 Å². The Morgan fingerprint density at radius 2 is 2.21 bits per heavy atom. The average Bonchev–Trinajstić information content (AvgIpc) is 2.51. The van der Waals surface area contributed by atoms with Crippen molar-refractivity contribution in [3.8, 4) is 0 Å². The van der Waals surface area contributed by atoms with E-state index >= 15 is 0 Å². The Kier molecular flexibility index (Phi) is 4.21. The zero-order chi connectivity index (χ0) is 10.6. The first kappa shape index (κ1) is 11.3. The molecular formula is C12H21NO. The van der Waals surface area contributed by atoms with Gasteiger partial charge in [0.2, 0.25) is 0 Å². The molecule has 0 spiro atoms. The second-order valence-electron chi connectivity index (χ2n) is 4.17. The molecular weight excluding hydrogens is 174 g/mol. The number of nitrogens with two attached hydrogens (primary N) is 1. The highest BCUT2D eigenvalue weighted by Crippen LogP contribution is 2.24. The van der Waals surface area contributed by atoms with Crippen LogP contribution in [0, 0.1) is 12.8 Å². The van der Waals surface area contributed by atoms with Gasteiger partial charge in [0.05, 0.1) is 6.26 Å². The van der Waals surface area contributed by atoms with E-state index in [1.54, 1.807) is 6.26 Å². The van der Waals surface area contributed by atoms with Crippen LogP contribution in [0.2, 0.25) is 0 Å². The molecule has 2 N–H and O–H groups in total. The number of hydrogen-bond acceptors (Lipinski definition) is 2. The fourth-order valence-electron chi connectivity index (χ4n) is 1.95. The van der Waals surface area contributed by atoms with Gasteiger partial charge in [-0.1, -0.05) is 26.7 Å². The summed E-state index contributed by atoms with van der Waals surface area (Å²) in [4.78, 5) is 0. The fourth-order valence-corrected chi connectivity index (χ4v) is 1.95. The second kappa shape index (κ2) is 5.20. The molecule has 14 heavy (non-hydrogen) atoms. The van der Waals surface area contributed by atoms with Crippen LogP contribution in [-0.2, 0) is 0 Å². The molecule has 1 aromatic rings. The second-order valence-corrected chi connectivity index (χ2v) is 4.17. The van der Waals surface area contributed by atoms with Crippen molar-refractivity contribution in [2.75, 3.05) is 0 Å². The molecule has 80 valence electrons. The van der Waals surface area contributed by atoms with Crippen molar-refractivity contribution in [1.82, 2.24) is 0 Å². The molecule has 1 aromatic heterocycles.